The third-order valence-corrected chi connectivity index (χ3v) is 0.460. The largest absolute Gasteiger partial charge is 2.00 e. The standard InChI is InChI=1S/C4H6F3.BrH.Zn/c1-2-3-4(5,6)7;;/h1-3H2;1H;/q-1;;+2/p-1. The van der Waals surface area contributed by atoms with Crippen LogP contribution < -0.4 is 17.0 Å². The van der Waals surface area contributed by atoms with Crippen molar-refractivity contribution >= 4 is 0 Å². The van der Waals surface area contributed by atoms with Gasteiger partial charge in [-0.25, -0.2) is 0 Å². The molecule has 52 valence electrons. The molecule has 0 radical (unpaired) electrons. The topological polar surface area (TPSA) is 0 Å². The van der Waals surface area contributed by atoms with Gasteiger partial charge in [0, 0.05) is 6.42 Å². The molecule has 0 bridgehead atoms. The maximum absolute atomic E-state index is 11.0. The Hall–Kier alpha value is 0.893. The zero-order valence-corrected chi connectivity index (χ0v) is 9.39. The second kappa shape index (κ2) is 7.01. The molecule has 9 heavy (non-hydrogen) atoms. The first-order chi connectivity index (χ1) is 3.06. The van der Waals surface area contributed by atoms with E-state index < -0.39 is 12.6 Å². The minimum absolute atomic E-state index is 0. The summed E-state index contributed by atoms with van der Waals surface area (Å²) in [4.78, 5) is 0. The van der Waals surface area contributed by atoms with Crippen molar-refractivity contribution in [2.24, 2.45) is 0 Å². The second-order valence-electron chi connectivity index (χ2n) is 1.22. The third-order valence-electron chi connectivity index (χ3n) is 0.460. The van der Waals surface area contributed by atoms with Gasteiger partial charge in [0.1, 0.15) is 0 Å². The van der Waals surface area contributed by atoms with Gasteiger partial charge in [0.15, 0.2) is 0 Å². The van der Waals surface area contributed by atoms with Crippen molar-refractivity contribution in [1.29, 1.82) is 0 Å². The van der Waals surface area contributed by atoms with Crippen LogP contribution in [0.15, 0.2) is 0 Å². The first kappa shape index (κ1) is 16.5. The van der Waals surface area contributed by atoms with Crippen LogP contribution in [0, 0.1) is 6.92 Å². The Bertz CT molecular complexity index is 54.3. The second-order valence-corrected chi connectivity index (χ2v) is 1.22. The molecule has 0 saturated heterocycles. The van der Waals surface area contributed by atoms with E-state index in [1.807, 2.05) is 0 Å². The van der Waals surface area contributed by atoms with Gasteiger partial charge in [0.25, 0.3) is 0 Å². The van der Waals surface area contributed by atoms with Crippen LogP contribution in [-0.2, 0) is 19.5 Å². The number of rotatable bonds is 1. The van der Waals surface area contributed by atoms with Gasteiger partial charge in [-0.05, 0) is 0 Å². The molecule has 5 heteroatoms. The van der Waals surface area contributed by atoms with Gasteiger partial charge in [0.2, 0.25) is 0 Å². The molecule has 0 atom stereocenters. The van der Waals surface area contributed by atoms with Crippen LogP contribution in [0.4, 0.5) is 13.2 Å². The van der Waals surface area contributed by atoms with Gasteiger partial charge in [-0.3, -0.25) is 0 Å². The summed E-state index contributed by atoms with van der Waals surface area (Å²) < 4.78 is 33.0. The van der Waals surface area contributed by atoms with E-state index in [9.17, 15) is 13.2 Å². The van der Waals surface area contributed by atoms with Crippen LogP contribution in [0.2, 0.25) is 0 Å². The Labute approximate surface area is 75.7 Å². The van der Waals surface area contributed by atoms with Crippen molar-refractivity contribution in [2.45, 2.75) is 19.0 Å². The van der Waals surface area contributed by atoms with Gasteiger partial charge < -0.3 is 23.9 Å². The Balaban J connectivity index is -0.000000180. The summed E-state index contributed by atoms with van der Waals surface area (Å²) in [5.41, 5.74) is 0. The molecule has 0 aromatic carbocycles. The Morgan fingerprint density at radius 3 is 1.56 bits per heavy atom. The monoisotopic (exact) mass is 254 g/mol. The summed E-state index contributed by atoms with van der Waals surface area (Å²) in [6, 6.07) is 0. The maximum Gasteiger partial charge on any atom is 2.00 e. The molecule has 0 aliphatic heterocycles. The SMILES string of the molecule is [Br-].[CH2-]CCC(F)(F)F.[Zn+2]. The van der Waals surface area contributed by atoms with Crippen molar-refractivity contribution in [3.8, 4) is 0 Å². The van der Waals surface area contributed by atoms with Gasteiger partial charge in [-0.1, -0.05) is 0 Å². The number of halogens is 4. The minimum Gasteiger partial charge on any atom is -1.00 e. The van der Waals surface area contributed by atoms with E-state index >= 15 is 0 Å². The molecule has 0 unspecified atom stereocenters. The Morgan fingerprint density at radius 1 is 1.22 bits per heavy atom. The molecule has 0 spiro atoms. The quantitative estimate of drug-likeness (QED) is 0.424. The summed E-state index contributed by atoms with van der Waals surface area (Å²) >= 11 is 0. The minimum atomic E-state index is -4.01. The fourth-order valence-corrected chi connectivity index (χ4v) is 0.200. The fourth-order valence-electron chi connectivity index (χ4n) is 0.200. The predicted octanol–water partition coefficient (Wildman–Crippen LogP) is -0.836. The van der Waals surface area contributed by atoms with Gasteiger partial charge in [0.05, 0.1) is 0 Å². The van der Waals surface area contributed by atoms with Crippen LogP contribution in [-0.4, -0.2) is 6.18 Å². The molecular weight excluding hydrogens is 250 g/mol. The van der Waals surface area contributed by atoms with Crippen molar-refractivity contribution < 1.29 is 49.6 Å². The van der Waals surface area contributed by atoms with E-state index in [0.29, 0.717) is 0 Å². The summed E-state index contributed by atoms with van der Waals surface area (Å²) in [7, 11) is 0. The van der Waals surface area contributed by atoms with Gasteiger partial charge in [-0.2, -0.15) is 19.6 Å². The molecule has 0 nitrogen and oxygen atoms in total. The molecular formula is C4H6BrF3Zn. The van der Waals surface area contributed by atoms with Crippen molar-refractivity contribution in [3.63, 3.8) is 0 Å². The first-order valence-electron chi connectivity index (χ1n) is 1.92. The average Bonchev–Trinajstić information content (AvgIpc) is 1.30. The number of hydrogen-bond donors (Lipinski definition) is 0. The molecule has 0 aromatic heterocycles. The molecule has 0 aliphatic carbocycles. The van der Waals surface area contributed by atoms with Gasteiger partial charge in [-0.15, -0.1) is 0 Å². The molecule has 0 heterocycles. The van der Waals surface area contributed by atoms with Crippen molar-refractivity contribution in [3.05, 3.63) is 6.92 Å². The van der Waals surface area contributed by atoms with Crippen molar-refractivity contribution in [1.82, 2.24) is 0 Å². The number of hydrogen-bond acceptors (Lipinski definition) is 0. The smallest absolute Gasteiger partial charge is 1.00 e. The Morgan fingerprint density at radius 2 is 1.56 bits per heavy atom. The van der Waals surface area contributed by atoms with E-state index in [4.69, 9.17) is 0 Å². The van der Waals surface area contributed by atoms with Crippen molar-refractivity contribution in [2.75, 3.05) is 0 Å². The molecule has 0 aliphatic rings. The third kappa shape index (κ3) is 17.6. The zero-order chi connectivity index (χ0) is 5.91. The molecule has 0 fully saturated rings. The predicted molar refractivity (Wildman–Crippen MR) is 20.6 cm³/mol. The normalized spacial score (nSPS) is 9.33. The van der Waals surface area contributed by atoms with Crippen LogP contribution in [0.1, 0.15) is 12.8 Å². The van der Waals surface area contributed by atoms with E-state index in [1.54, 1.807) is 0 Å². The Kier molecular flexibility index (Phi) is 12.8. The summed E-state index contributed by atoms with van der Waals surface area (Å²) in [5, 5.41) is 0. The van der Waals surface area contributed by atoms with E-state index in [-0.39, 0.29) is 42.9 Å². The molecule has 0 aromatic rings. The fraction of sp³-hybridized carbons (Fsp3) is 0.750. The molecule has 0 amide bonds. The van der Waals surface area contributed by atoms with Crippen LogP contribution in [0.3, 0.4) is 0 Å². The zero-order valence-electron chi connectivity index (χ0n) is 4.84. The van der Waals surface area contributed by atoms with Gasteiger partial charge >= 0.3 is 25.7 Å². The van der Waals surface area contributed by atoms with E-state index in [2.05, 4.69) is 6.92 Å². The molecule has 0 rings (SSSR count). The van der Waals surface area contributed by atoms with Crippen LogP contribution in [0.25, 0.3) is 0 Å². The molecule has 0 N–H and O–H groups in total. The summed E-state index contributed by atoms with van der Waals surface area (Å²) in [6.07, 6.45) is -4.85. The van der Waals surface area contributed by atoms with E-state index in [0.717, 1.165) is 0 Å². The average molecular weight is 256 g/mol. The first-order valence-corrected chi connectivity index (χ1v) is 1.92. The van der Waals surface area contributed by atoms with E-state index in [1.165, 1.54) is 0 Å². The summed E-state index contributed by atoms with van der Waals surface area (Å²) in [6.45, 7) is 3.05. The maximum atomic E-state index is 11.0. The number of alkyl halides is 3. The molecule has 0 saturated carbocycles. The van der Waals surface area contributed by atoms with Crippen LogP contribution >= 0.6 is 0 Å². The van der Waals surface area contributed by atoms with Crippen LogP contribution in [0.5, 0.6) is 0 Å². The summed E-state index contributed by atoms with van der Waals surface area (Å²) in [5.74, 6) is 0.